The first-order valence-corrected chi connectivity index (χ1v) is 32.8. The zero-order valence-corrected chi connectivity index (χ0v) is 51.8. The van der Waals surface area contributed by atoms with Gasteiger partial charge in [-0.25, -0.2) is 0 Å². The minimum atomic E-state index is -0.829. The van der Waals surface area contributed by atoms with Crippen molar-refractivity contribution in [2.24, 2.45) is 0 Å². The number of esters is 3. The van der Waals surface area contributed by atoms with E-state index in [1.54, 1.807) is 6.08 Å². The van der Waals surface area contributed by atoms with E-state index in [2.05, 4.69) is 154 Å². The summed E-state index contributed by atoms with van der Waals surface area (Å²) < 4.78 is 16.8. The highest BCUT2D eigenvalue weighted by molar-refractivity contribution is 5.72. The third-order valence-corrected chi connectivity index (χ3v) is 13.6. The van der Waals surface area contributed by atoms with Crippen molar-refractivity contribution in [1.82, 2.24) is 0 Å². The summed E-state index contributed by atoms with van der Waals surface area (Å²) in [6, 6.07) is 0. The zero-order valence-electron chi connectivity index (χ0n) is 51.8. The fourth-order valence-corrected chi connectivity index (χ4v) is 8.75. The second-order valence-corrected chi connectivity index (χ2v) is 21.3. The van der Waals surface area contributed by atoms with Gasteiger partial charge in [-0.2, -0.15) is 0 Å². The van der Waals surface area contributed by atoms with Crippen LogP contribution in [-0.4, -0.2) is 37.2 Å². The van der Waals surface area contributed by atoms with E-state index in [1.807, 2.05) is 6.08 Å². The van der Waals surface area contributed by atoms with Gasteiger partial charge in [0.05, 0.1) is 6.42 Å². The van der Waals surface area contributed by atoms with Crippen LogP contribution in [0.2, 0.25) is 0 Å². The van der Waals surface area contributed by atoms with Crippen LogP contribution in [-0.2, 0) is 28.6 Å². The van der Waals surface area contributed by atoms with Gasteiger partial charge < -0.3 is 14.2 Å². The highest BCUT2D eigenvalue weighted by atomic mass is 16.6. The lowest BCUT2D eigenvalue weighted by Gasteiger charge is -2.18. The van der Waals surface area contributed by atoms with Crippen molar-refractivity contribution in [1.29, 1.82) is 0 Å². The molecule has 0 aliphatic carbocycles. The van der Waals surface area contributed by atoms with Crippen molar-refractivity contribution in [3.63, 3.8) is 0 Å². The van der Waals surface area contributed by atoms with E-state index >= 15 is 0 Å². The Kier molecular flexibility index (Phi) is 62.9. The lowest BCUT2D eigenvalue weighted by atomic mass is 10.0. The molecule has 0 aromatic carbocycles. The van der Waals surface area contributed by atoms with Gasteiger partial charge >= 0.3 is 17.9 Å². The van der Waals surface area contributed by atoms with Crippen LogP contribution in [0.15, 0.2) is 146 Å². The maximum absolute atomic E-state index is 12.9. The Balaban J connectivity index is 4.38. The van der Waals surface area contributed by atoms with E-state index in [-0.39, 0.29) is 31.6 Å². The molecule has 0 saturated carbocycles. The van der Waals surface area contributed by atoms with Gasteiger partial charge in [-0.3, -0.25) is 14.4 Å². The minimum Gasteiger partial charge on any atom is -0.462 e. The minimum absolute atomic E-state index is 0.115. The van der Waals surface area contributed by atoms with Crippen molar-refractivity contribution >= 4 is 17.9 Å². The van der Waals surface area contributed by atoms with Gasteiger partial charge in [0, 0.05) is 12.8 Å². The first-order valence-electron chi connectivity index (χ1n) is 32.8. The number of carbonyl (C=O) groups excluding carboxylic acids is 3. The monoisotopic (exact) mass is 1100 g/mol. The van der Waals surface area contributed by atoms with Crippen molar-refractivity contribution in [2.75, 3.05) is 13.2 Å². The molecule has 0 amide bonds. The topological polar surface area (TPSA) is 78.9 Å². The van der Waals surface area contributed by atoms with E-state index < -0.39 is 12.1 Å². The largest absolute Gasteiger partial charge is 0.462 e. The molecule has 0 aliphatic heterocycles. The number of hydrogen-bond acceptors (Lipinski definition) is 6. The van der Waals surface area contributed by atoms with Gasteiger partial charge in [0.15, 0.2) is 6.10 Å². The molecular weight excluding hydrogens is 985 g/mol. The van der Waals surface area contributed by atoms with E-state index in [4.69, 9.17) is 14.2 Å². The number of hydrogen-bond donors (Lipinski definition) is 0. The molecule has 0 aromatic heterocycles. The molecular formula is C74H120O6. The average Bonchev–Trinajstić information content (AvgIpc) is 3.46. The lowest BCUT2D eigenvalue weighted by Crippen LogP contribution is -2.30. The second-order valence-electron chi connectivity index (χ2n) is 21.3. The fourth-order valence-electron chi connectivity index (χ4n) is 8.75. The van der Waals surface area contributed by atoms with Gasteiger partial charge in [-0.15, -0.1) is 0 Å². The highest BCUT2D eigenvalue weighted by Gasteiger charge is 2.19. The average molecular weight is 1110 g/mol. The molecule has 0 saturated heterocycles. The predicted molar refractivity (Wildman–Crippen MR) is 348 cm³/mol. The third-order valence-electron chi connectivity index (χ3n) is 13.6. The molecule has 80 heavy (non-hydrogen) atoms. The first-order chi connectivity index (χ1) is 39.5. The summed E-state index contributed by atoms with van der Waals surface area (Å²) in [6.45, 7) is 6.31. The molecule has 0 radical (unpaired) electrons. The summed E-state index contributed by atoms with van der Waals surface area (Å²) in [7, 11) is 0. The Bertz CT molecular complexity index is 1750. The lowest BCUT2D eigenvalue weighted by molar-refractivity contribution is -0.166. The molecule has 0 fully saturated rings. The molecule has 452 valence electrons. The van der Waals surface area contributed by atoms with Crippen LogP contribution in [0.3, 0.4) is 0 Å². The summed E-state index contributed by atoms with van der Waals surface area (Å²) >= 11 is 0. The fraction of sp³-hybridized carbons (Fsp3) is 0.635. The molecule has 6 nitrogen and oxygen atoms in total. The molecule has 1 unspecified atom stereocenters. The molecule has 0 heterocycles. The number of allylic oxidation sites excluding steroid dienone is 23. The molecule has 0 aromatic rings. The van der Waals surface area contributed by atoms with E-state index in [0.29, 0.717) is 12.8 Å². The standard InChI is InChI=1S/C74H120O6/c1-4-7-10-13-16-19-22-25-28-30-32-33-34-35-36-37-38-39-40-41-42-44-46-49-52-55-58-61-64-67-73(76)79-70-71(69-78-72(75)66-63-60-57-54-51-48-45-27-24-21-18-15-12-9-6-3)80-74(77)68-65-62-59-56-53-50-47-43-31-29-26-23-20-17-14-11-8-5-2/h7,9-10,12,16,18-21,23,25,27-29,31-33,35-36,45,51,54,60,63,71H,4-6,8,11,13-15,17,22,24,26,30,34,37-44,46-50,52-53,55-59,61-62,64-70H2,1-3H3/b10-7-,12-9-,19-16-,21-18-,23-20-,28-25-,31-29-,33-32-,36-35-,45-27-,54-51-,63-60-. The van der Waals surface area contributed by atoms with Crippen LogP contribution >= 0.6 is 0 Å². The Morgan fingerprint density at radius 3 is 0.875 bits per heavy atom. The number of ether oxygens (including phenoxy) is 3. The molecule has 6 heteroatoms. The number of carbonyl (C=O) groups is 3. The van der Waals surface area contributed by atoms with E-state index in [0.717, 1.165) is 116 Å². The number of unbranched alkanes of at least 4 members (excludes halogenated alkanes) is 24. The SMILES string of the molecule is CC/C=C\C/C=C\C/C=C\C/C=C\C/C=C\CCCCCCCCCCCCCCCC(=O)OCC(COC(=O)C/C=C\C/C=C\C/C=C\C/C=C\C/C=C\CC)OC(=O)CCCCCCCCC/C=C\C/C=C\CCCCCC. The van der Waals surface area contributed by atoms with Crippen LogP contribution in [0.25, 0.3) is 0 Å². The third kappa shape index (κ3) is 64.1. The van der Waals surface area contributed by atoms with Crippen molar-refractivity contribution in [3.8, 4) is 0 Å². The van der Waals surface area contributed by atoms with Crippen molar-refractivity contribution in [2.45, 2.75) is 290 Å². The Morgan fingerprint density at radius 2 is 0.537 bits per heavy atom. The predicted octanol–water partition coefficient (Wildman–Crippen LogP) is 22.7. The quantitative estimate of drug-likeness (QED) is 0.0261. The zero-order chi connectivity index (χ0) is 57.8. The normalized spacial score (nSPS) is 13.1. The molecule has 0 rings (SSSR count). The maximum Gasteiger partial charge on any atom is 0.309 e. The van der Waals surface area contributed by atoms with Crippen LogP contribution < -0.4 is 0 Å². The summed E-state index contributed by atoms with van der Waals surface area (Å²) in [5, 5.41) is 0. The van der Waals surface area contributed by atoms with Gasteiger partial charge in [0.1, 0.15) is 13.2 Å². The Morgan fingerprint density at radius 1 is 0.275 bits per heavy atom. The number of rotatable bonds is 58. The van der Waals surface area contributed by atoms with Gasteiger partial charge in [-0.05, 0) is 122 Å². The first kappa shape index (κ1) is 75.3. The van der Waals surface area contributed by atoms with Crippen molar-refractivity contribution < 1.29 is 28.6 Å². The molecule has 0 N–H and O–H groups in total. The Labute approximate surface area is 493 Å². The summed E-state index contributed by atoms with van der Waals surface area (Å²) in [5.41, 5.74) is 0. The van der Waals surface area contributed by atoms with Crippen molar-refractivity contribution in [3.05, 3.63) is 146 Å². The van der Waals surface area contributed by atoms with E-state index in [1.165, 1.54) is 128 Å². The molecule has 0 spiro atoms. The highest BCUT2D eigenvalue weighted by Crippen LogP contribution is 2.16. The maximum atomic E-state index is 12.9. The smallest absolute Gasteiger partial charge is 0.309 e. The van der Waals surface area contributed by atoms with Crippen LogP contribution in [0.5, 0.6) is 0 Å². The van der Waals surface area contributed by atoms with Crippen LogP contribution in [0.1, 0.15) is 284 Å². The summed E-state index contributed by atoms with van der Waals surface area (Å²) in [5.74, 6) is -1.06. The van der Waals surface area contributed by atoms with Crippen LogP contribution in [0, 0.1) is 0 Å². The molecule has 0 bridgehead atoms. The van der Waals surface area contributed by atoms with Gasteiger partial charge in [0.25, 0.3) is 0 Å². The molecule has 1 atom stereocenters. The molecule has 0 aliphatic rings. The van der Waals surface area contributed by atoms with Crippen LogP contribution in [0.4, 0.5) is 0 Å². The van der Waals surface area contributed by atoms with Gasteiger partial charge in [0.2, 0.25) is 0 Å². The Hall–Kier alpha value is -4.71. The van der Waals surface area contributed by atoms with Gasteiger partial charge in [-0.1, -0.05) is 289 Å². The van der Waals surface area contributed by atoms with E-state index in [9.17, 15) is 14.4 Å². The second kappa shape index (κ2) is 66.8. The summed E-state index contributed by atoms with van der Waals surface area (Å²) in [6.07, 6.45) is 96.0. The summed E-state index contributed by atoms with van der Waals surface area (Å²) in [4.78, 5) is 38.3.